The first-order valence-corrected chi connectivity index (χ1v) is 7.94. The summed E-state index contributed by atoms with van der Waals surface area (Å²) in [6, 6.07) is 18.3. The topological polar surface area (TPSA) is 43.3 Å². The number of hydrogen-bond donors (Lipinski definition) is 1. The summed E-state index contributed by atoms with van der Waals surface area (Å²) in [5.74, 6) is 0. The van der Waals surface area contributed by atoms with Gasteiger partial charge in [0.15, 0.2) is 4.96 Å². The zero-order chi connectivity index (χ0) is 15.1. The van der Waals surface area contributed by atoms with Crippen molar-refractivity contribution in [1.82, 2.24) is 9.38 Å². The molecule has 2 heterocycles. The standard InChI is InChI=1S/C18H15N3S/c1-12-17(13-6-3-2-4-7-13)21-11-16(20-18(21)22-12)14-8-5-9-15(19)10-14/h2-11H,19H2,1H3. The fourth-order valence-electron chi connectivity index (χ4n) is 2.73. The quantitative estimate of drug-likeness (QED) is 0.549. The fraction of sp³-hybridized carbons (Fsp3) is 0.0556. The van der Waals surface area contributed by atoms with Crippen molar-refractivity contribution in [3.8, 4) is 22.5 Å². The third-order valence-corrected chi connectivity index (χ3v) is 4.69. The summed E-state index contributed by atoms with van der Waals surface area (Å²) in [5, 5.41) is 0. The van der Waals surface area contributed by atoms with Crippen molar-refractivity contribution in [1.29, 1.82) is 0 Å². The second-order valence-electron chi connectivity index (χ2n) is 5.28. The number of fused-ring (bicyclic) bond motifs is 1. The molecule has 22 heavy (non-hydrogen) atoms. The Morgan fingerprint density at radius 3 is 2.55 bits per heavy atom. The van der Waals surface area contributed by atoms with Gasteiger partial charge in [0.25, 0.3) is 0 Å². The van der Waals surface area contributed by atoms with Crippen molar-refractivity contribution >= 4 is 22.0 Å². The van der Waals surface area contributed by atoms with Gasteiger partial charge < -0.3 is 5.73 Å². The molecule has 0 aliphatic rings. The van der Waals surface area contributed by atoms with Crippen LogP contribution in [-0.2, 0) is 0 Å². The first kappa shape index (κ1) is 13.1. The number of nitrogens with zero attached hydrogens (tertiary/aromatic N) is 2. The highest BCUT2D eigenvalue weighted by Crippen LogP contribution is 2.33. The number of thiazole rings is 1. The lowest BCUT2D eigenvalue weighted by Crippen LogP contribution is -1.86. The van der Waals surface area contributed by atoms with Crippen molar-refractivity contribution in [2.75, 3.05) is 5.73 Å². The summed E-state index contributed by atoms with van der Waals surface area (Å²) < 4.78 is 2.17. The van der Waals surface area contributed by atoms with Crippen LogP contribution in [-0.4, -0.2) is 9.38 Å². The van der Waals surface area contributed by atoms with Gasteiger partial charge in [-0.15, -0.1) is 11.3 Å². The molecule has 0 atom stereocenters. The van der Waals surface area contributed by atoms with E-state index in [9.17, 15) is 0 Å². The van der Waals surface area contributed by atoms with Crippen molar-refractivity contribution < 1.29 is 0 Å². The zero-order valence-electron chi connectivity index (χ0n) is 12.2. The van der Waals surface area contributed by atoms with Crippen LogP contribution in [0.1, 0.15) is 4.88 Å². The predicted octanol–water partition coefficient (Wildman–Crippen LogP) is 4.62. The highest BCUT2D eigenvalue weighted by Gasteiger charge is 2.14. The van der Waals surface area contributed by atoms with Crippen LogP contribution in [0, 0.1) is 6.92 Å². The van der Waals surface area contributed by atoms with Crippen LogP contribution in [0.15, 0.2) is 60.8 Å². The third kappa shape index (κ3) is 2.09. The molecule has 4 heteroatoms. The summed E-state index contributed by atoms with van der Waals surface area (Å²) in [4.78, 5) is 7.04. The van der Waals surface area contributed by atoms with Gasteiger partial charge in [-0.25, -0.2) is 4.98 Å². The molecule has 0 aliphatic carbocycles. The first-order valence-electron chi connectivity index (χ1n) is 7.12. The number of benzene rings is 2. The SMILES string of the molecule is Cc1sc2nc(-c3cccc(N)c3)cn2c1-c1ccccc1. The molecular weight excluding hydrogens is 290 g/mol. The molecule has 2 aromatic heterocycles. The Hall–Kier alpha value is -2.59. The third-order valence-electron chi connectivity index (χ3n) is 3.72. The maximum absolute atomic E-state index is 5.88. The van der Waals surface area contributed by atoms with Crippen molar-refractivity contribution in [3.63, 3.8) is 0 Å². The van der Waals surface area contributed by atoms with Crippen molar-refractivity contribution in [3.05, 3.63) is 65.7 Å². The number of hydrogen-bond acceptors (Lipinski definition) is 3. The molecular formula is C18H15N3S. The van der Waals surface area contributed by atoms with E-state index in [0.29, 0.717) is 0 Å². The summed E-state index contributed by atoms with van der Waals surface area (Å²) in [6.45, 7) is 2.14. The van der Waals surface area contributed by atoms with Crippen molar-refractivity contribution in [2.24, 2.45) is 0 Å². The maximum Gasteiger partial charge on any atom is 0.194 e. The molecule has 0 radical (unpaired) electrons. The normalized spacial score (nSPS) is 11.1. The van der Waals surface area contributed by atoms with Gasteiger partial charge >= 0.3 is 0 Å². The van der Waals surface area contributed by atoms with E-state index in [1.165, 1.54) is 16.1 Å². The number of imidazole rings is 1. The molecule has 0 amide bonds. The molecule has 2 aromatic carbocycles. The fourth-order valence-corrected chi connectivity index (χ4v) is 3.70. The van der Waals surface area contributed by atoms with E-state index < -0.39 is 0 Å². The van der Waals surface area contributed by atoms with Gasteiger partial charge in [-0.05, 0) is 24.6 Å². The largest absolute Gasteiger partial charge is 0.399 e. The minimum absolute atomic E-state index is 0.758. The van der Waals surface area contributed by atoms with Crippen LogP contribution in [0.2, 0.25) is 0 Å². The number of aromatic nitrogens is 2. The molecule has 0 bridgehead atoms. The van der Waals surface area contributed by atoms with E-state index in [0.717, 1.165) is 21.9 Å². The van der Waals surface area contributed by atoms with E-state index >= 15 is 0 Å². The summed E-state index contributed by atoms with van der Waals surface area (Å²) in [5.41, 5.74) is 11.1. The Morgan fingerprint density at radius 2 is 1.77 bits per heavy atom. The lowest BCUT2D eigenvalue weighted by Gasteiger charge is -2.01. The van der Waals surface area contributed by atoms with Crippen LogP contribution >= 0.6 is 11.3 Å². The molecule has 4 rings (SSSR count). The average Bonchev–Trinajstić information content (AvgIpc) is 3.04. The maximum atomic E-state index is 5.88. The summed E-state index contributed by atoms with van der Waals surface area (Å²) in [6.07, 6.45) is 2.09. The van der Waals surface area contributed by atoms with Gasteiger partial charge in [0, 0.05) is 22.3 Å². The van der Waals surface area contributed by atoms with E-state index in [2.05, 4.69) is 41.8 Å². The first-order chi connectivity index (χ1) is 10.7. The summed E-state index contributed by atoms with van der Waals surface area (Å²) in [7, 11) is 0. The van der Waals surface area contributed by atoms with Gasteiger partial charge in [-0.1, -0.05) is 42.5 Å². The van der Waals surface area contributed by atoms with Gasteiger partial charge in [0.1, 0.15) is 0 Å². The van der Waals surface area contributed by atoms with Crippen LogP contribution in [0.25, 0.3) is 27.5 Å². The Kier molecular flexibility index (Phi) is 2.98. The highest BCUT2D eigenvalue weighted by atomic mass is 32.1. The minimum atomic E-state index is 0.758. The molecule has 108 valence electrons. The Morgan fingerprint density at radius 1 is 1.00 bits per heavy atom. The lowest BCUT2D eigenvalue weighted by atomic mass is 10.1. The number of rotatable bonds is 2. The predicted molar refractivity (Wildman–Crippen MR) is 93.1 cm³/mol. The van der Waals surface area contributed by atoms with Crippen LogP contribution in [0.4, 0.5) is 5.69 Å². The van der Waals surface area contributed by atoms with Gasteiger partial charge in [0.05, 0.1) is 11.4 Å². The van der Waals surface area contributed by atoms with E-state index in [-0.39, 0.29) is 0 Å². The molecule has 3 nitrogen and oxygen atoms in total. The summed E-state index contributed by atoms with van der Waals surface area (Å²) >= 11 is 1.71. The molecule has 0 fully saturated rings. The monoisotopic (exact) mass is 305 g/mol. The zero-order valence-corrected chi connectivity index (χ0v) is 13.0. The van der Waals surface area contributed by atoms with Gasteiger partial charge in [0.2, 0.25) is 0 Å². The van der Waals surface area contributed by atoms with E-state index in [4.69, 9.17) is 10.7 Å². The van der Waals surface area contributed by atoms with E-state index in [1.807, 2.05) is 30.3 Å². The molecule has 0 saturated heterocycles. The molecule has 0 saturated carbocycles. The number of aryl methyl sites for hydroxylation is 1. The molecule has 4 aromatic rings. The second-order valence-corrected chi connectivity index (χ2v) is 6.46. The smallest absolute Gasteiger partial charge is 0.194 e. The molecule has 0 unspecified atom stereocenters. The van der Waals surface area contributed by atoms with Crippen LogP contribution < -0.4 is 5.73 Å². The lowest BCUT2D eigenvalue weighted by molar-refractivity contribution is 1.22. The van der Waals surface area contributed by atoms with Crippen molar-refractivity contribution in [2.45, 2.75) is 6.92 Å². The van der Waals surface area contributed by atoms with Crippen LogP contribution in [0.5, 0.6) is 0 Å². The van der Waals surface area contributed by atoms with Gasteiger partial charge in [-0.2, -0.15) is 0 Å². The Labute approximate surface area is 132 Å². The molecule has 0 spiro atoms. The molecule has 2 N–H and O–H groups in total. The Bertz CT molecular complexity index is 951. The molecule has 0 aliphatic heterocycles. The van der Waals surface area contributed by atoms with Gasteiger partial charge in [-0.3, -0.25) is 4.40 Å². The average molecular weight is 305 g/mol. The minimum Gasteiger partial charge on any atom is -0.399 e. The highest BCUT2D eigenvalue weighted by molar-refractivity contribution is 7.17. The number of nitrogens with two attached hydrogens (primary N) is 1. The van der Waals surface area contributed by atoms with E-state index in [1.54, 1.807) is 11.3 Å². The number of anilines is 1. The Balaban J connectivity index is 1.91. The number of nitrogen functional groups attached to an aromatic ring is 1. The van der Waals surface area contributed by atoms with Crippen LogP contribution in [0.3, 0.4) is 0 Å². The second kappa shape index (κ2) is 5.00.